The Morgan fingerprint density at radius 3 is 2.68 bits per heavy atom. The van der Waals surface area contributed by atoms with Crippen LogP contribution in [0.5, 0.6) is 5.75 Å². The van der Waals surface area contributed by atoms with E-state index in [2.05, 4.69) is 20.3 Å². The Morgan fingerprint density at radius 2 is 2.05 bits per heavy atom. The Morgan fingerprint density at radius 1 is 1.21 bits per heavy atom. The smallest absolute Gasteiger partial charge is 0.264 e. The number of aryl methyl sites for hydroxylation is 1. The number of benzene rings is 1. The van der Waals surface area contributed by atoms with Crippen LogP contribution in [-0.2, 0) is 6.61 Å². The number of hydrogen-bond acceptors (Lipinski definition) is 7. The molecule has 19 heavy (non-hydrogen) atoms. The van der Waals surface area contributed by atoms with E-state index in [1.54, 1.807) is 6.92 Å². The molecular formula is C12H10N4O3. The average Bonchev–Trinajstić information content (AvgIpc) is 3.08. The summed E-state index contributed by atoms with van der Waals surface area (Å²) in [5.41, 5.74) is 0.832. The predicted octanol–water partition coefficient (Wildman–Crippen LogP) is 2.01. The predicted molar refractivity (Wildman–Crippen MR) is 63.1 cm³/mol. The fourth-order valence-electron chi connectivity index (χ4n) is 1.54. The lowest BCUT2D eigenvalue weighted by Crippen LogP contribution is -1.95. The number of aromatic nitrogens is 4. The molecule has 0 unspecified atom stereocenters. The van der Waals surface area contributed by atoms with Gasteiger partial charge < -0.3 is 13.7 Å². The maximum atomic E-state index is 5.51. The van der Waals surface area contributed by atoms with Gasteiger partial charge in [0.1, 0.15) is 5.75 Å². The van der Waals surface area contributed by atoms with Crippen LogP contribution in [0.25, 0.3) is 11.5 Å². The van der Waals surface area contributed by atoms with Gasteiger partial charge in [0, 0.05) is 5.56 Å². The topological polar surface area (TPSA) is 87.1 Å². The molecule has 0 saturated carbocycles. The van der Waals surface area contributed by atoms with E-state index in [1.807, 2.05) is 24.3 Å². The van der Waals surface area contributed by atoms with Crippen molar-refractivity contribution >= 4 is 0 Å². The molecule has 3 aromatic rings. The van der Waals surface area contributed by atoms with E-state index in [0.29, 0.717) is 23.4 Å². The molecule has 0 aliphatic heterocycles. The molecule has 0 spiro atoms. The first-order valence-corrected chi connectivity index (χ1v) is 5.60. The van der Waals surface area contributed by atoms with Gasteiger partial charge in [-0.05, 0) is 31.2 Å². The highest BCUT2D eigenvalue weighted by atomic mass is 16.5. The lowest BCUT2D eigenvalue weighted by Gasteiger charge is -2.03. The summed E-state index contributed by atoms with van der Waals surface area (Å²) in [7, 11) is 0. The molecule has 0 amide bonds. The highest BCUT2D eigenvalue weighted by molar-refractivity contribution is 5.53. The first-order chi connectivity index (χ1) is 9.31. The Balaban J connectivity index is 1.66. The molecule has 0 bridgehead atoms. The maximum absolute atomic E-state index is 5.51. The van der Waals surface area contributed by atoms with Crippen LogP contribution in [0.4, 0.5) is 0 Å². The molecule has 0 aliphatic rings. The summed E-state index contributed by atoms with van der Waals surface area (Å²) in [5.74, 6) is 2.20. The summed E-state index contributed by atoms with van der Waals surface area (Å²) in [6, 6.07) is 7.29. The minimum absolute atomic E-state index is 0.237. The fraction of sp³-hybridized carbons (Fsp3) is 0.167. The van der Waals surface area contributed by atoms with Crippen LogP contribution >= 0.6 is 0 Å². The van der Waals surface area contributed by atoms with Crippen molar-refractivity contribution in [1.82, 2.24) is 20.3 Å². The lowest BCUT2D eigenvalue weighted by atomic mass is 10.2. The second kappa shape index (κ2) is 4.89. The molecule has 7 heteroatoms. The van der Waals surface area contributed by atoms with E-state index in [-0.39, 0.29) is 6.61 Å². The number of rotatable bonds is 4. The molecule has 0 fully saturated rings. The second-order valence-electron chi connectivity index (χ2n) is 3.79. The van der Waals surface area contributed by atoms with Gasteiger partial charge in [-0.1, -0.05) is 5.16 Å². The highest BCUT2D eigenvalue weighted by Gasteiger charge is 2.05. The summed E-state index contributed by atoms with van der Waals surface area (Å²) in [6.45, 7) is 1.99. The maximum Gasteiger partial charge on any atom is 0.264 e. The van der Waals surface area contributed by atoms with Gasteiger partial charge in [-0.25, -0.2) is 0 Å². The van der Waals surface area contributed by atoms with Crippen LogP contribution in [0.2, 0.25) is 0 Å². The molecule has 0 saturated heterocycles. The molecule has 96 valence electrons. The fourth-order valence-corrected chi connectivity index (χ4v) is 1.54. The van der Waals surface area contributed by atoms with Crippen molar-refractivity contribution in [3.63, 3.8) is 0 Å². The van der Waals surface area contributed by atoms with Crippen LogP contribution in [0, 0.1) is 6.92 Å². The van der Waals surface area contributed by atoms with Crippen molar-refractivity contribution in [2.75, 3.05) is 0 Å². The van der Waals surface area contributed by atoms with Gasteiger partial charge >= 0.3 is 0 Å². The van der Waals surface area contributed by atoms with Gasteiger partial charge in [0.2, 0.25) is 12.3 Å². The van der Waals surface area contributed by atoms with Crippen LogP contribution in [-0.4, -0.2) is 20.3 Å². The van der Waals surface area contributed by atoms with Gasteiger partial charge in [-0.15, -0.1) is 10.2 Å². The standard InChI is InChI=1S/C12H10N4O3/c1-8-14-11(19-16-8)6-17-10-4-2-9(3-5-10)12-15-13-7-18-12/h2-5,7H,6H2,1H3. The summed E-state index contributed by atoms with van der Waals surface area (Å²) < 4.78 is 15.6. The molecule has 0 N–H and O–H groups in total. The molecule has 0 radical (unpaired) electrons. The third kappa shape index (κ3) is 2.59. The van der Waals surface area contributed by atoms with Crippen molar-refractivity contribution < 1.29 is 13.7 Å². The van der Waals surface area contributed by atoms with Gasteiger partial charge in [0.25, 0.3) is 5.89 Å². The zero-order valence-electron chi connectivity index (χ0n) is 10.1. The normalized spacial score (nSPS) is 10.6. The van der Waals surface area contributed by atoms with Gasteiger partial charge in [-0.3, -0.25) is 0 Å². The zero-order chi connectivity index (χ0) is 13.1. The van der Waals surface area contributed by atoms with E-state index < -0.39 is 0 Å². The quantitative estimate of drug-likeness (QED) is 0.707. The number of hydrogen-bond donors (Lipinski definition) is 0. The lowest BCUT2D eigenvalue weighted by molar-refractivity contribution is 0.242. The monoisotopic (exact) mass is 258 g/mol. The third-order valence-corrected chi connectivity index (χ3v) is 2.39. The van der Waals surface area contributed by atoms with E-state index in [0.717, 1.165) is 5.56 Å². The van der Waals surface area contributed by atoms with Crippen molar-refractivity contribution in [3.05, 3.63) is 42.4 Å². The molecule has 7 nitrogen and oxygen atoms in total. The Hall–Kier alpha value is -2.70. The average molecular weight is 258 g/mol. The summed E-state index contributed by atoms with van der Waals surface area (Å²) in [6.07, 6.45) is 1.29. The minimum Gasteiger partial charge on any atom is -0.484 e. The highest BCUT2D eigenvalue weighted by Crippen LogP contribution is 2.20. The van der Waals surface area contributed by atoms with Crippen LogP contribution in [0.15, 0.2) is 39.6 Å². The zero-order valence-corrected chi connectivity index (χ0v) is 10.1. The molecule has 2 aromatic heterocycles. The van der Waals surface area contributed by atoms with Crippen molar-refractivity contribution in [1.29, 1.82) is 0 Å². The number of nitrogens with zero attached hydrogens (tertiary/aromatic N) is 4. The van der Waals surface area contributed by atoms with E-state index in [9.17, 15) is 0 Å². The molecular weight excluding hydrogens is 248 g/mol. The summed E-state index contributed by atoms with van der Waals surface area (Å²) in [5, 5.41) is 11.1. The van der Waals surface area contributed by atoms with E-state index in [4.69, 9.17) is 13.7 Å². The van der Waals surface area contributed by atoms with E-state index >= 15 is 0 Å². The Kier molecular flexibility index (Phi) is 2.93. The second-order valence-corrected chi connectivity index (χ2v) is 3.79. The Bertz CT molecular complexity index is 646. The van der Waals surface area contributed by atoms with Gasteiger partial charge in [0.15, 0.2) is 12.4 Å². The molecule has 3 rings (SSSR count). The van der Waals surface area contributed by atoms with Crippen molar-refractivity contribution in [2.24, 2.45) is 0 Å². The minimum atomic E-state index is 0.237. The Labute approximate surface area is 108 Å². The van der Waals surface area contributed by atoms with Crippen molar-refractivity contribution in [2.45, 2.75) is 13.5 Å². The van der Waals surface area contributed by atoms with Crippen LogP contribution < -0.4 is 4.74 Å². The third-order valence-electron chi connectivity index (χ3n) is 2.39. The number of ether oxygens (including phenoxy) is 1. The molecule has 0 aliphatic carbocycles. The van der Waals surface area contributed by atoms with Gasteiger partial charge in [-0.2, -0.15) is 4.98 Å². The molecule has 2 heterocycles. The van der Waals surface area contributed by atoms with E-state index in [1.165, 1.54) is 6.39 Å². The first-order valence-electron chi connectivity index (χ1n) is 5.60. The SMILES string of the molecule is Cc1noc(COc2ccc(-c3nnco3)cc2)n1. The summed E-state index contributed by atoms with van der Waals surface area (Å²) >= 11 is 0. The van der Waals surface area contributed by atoms with Crippen LogP contribution in [0.3, 0.4) is 0 Å². The van der Waals surface area contributed by atoms with Gasteiger partial charge in [0.05, 0.1) is 0 Å². The largest absolute Gasteiger partial charge is 0.484 e. The molecule has 0 atom stereocenters. The van der Waals surface area contributed by atoms with Crippen molar-refractivity contribution in [3.8, 4) is 17.2 Å². The summed E-state index contributed by atoms with van der Waals surface area (Å²) in [4.78, 5) is 4.05. The van der Waals surface area contributed by atoms with Crippen LogP contribution in [0.1, 0.15) is 11.7 Å². The molecule has 1 aromatic carbocycles. The first kappa shape index (κ1) is 11.4.